The number of anilines is 3. The van der Waals surface area contributed by atoms with E-state index in [1.54, 1.807) is 0 Å². The summed E-state index contributed by atoms with van der Waals surface area (Å²) < 4.78 is 13.8. The highest BCUT2D eigenvalue weighted by Gasteiger charge is 2.16. The van der Waals surface area contributed by atoms with Crippen LogP contribution in [0, 0.1) is 0 Å². The molecule has 0 aliphatic carbocycles. The lowest BCUT2D eigenvalue weighted by molar-refractivity contribution is -0.105. The third-order valence-electron chi connectivity index (χ3n) is 4.67. The highest BCUT2D eigenvalue weighted by atomic mass is 79.9. The molecule has 0 radical (unpaired) electrons. The molecular formula is C23H21Br2NO2. The lowest BCUT2D eigenvalue weighted by Crippen LogP contribution is -2.24. The van der Waals surface area contributed by atoms with Crippen molar-refractivity contribution in [3.05, 3.63) is 81.7 Å². The number of benzene rings is 3. The van der Waals surface area contributed by atoms with Crippen LogP contribution in [0.25, 0.3) is 0 Å². The third-order valence-corrected chi connectivity index (χ3v) is 5.73. The molecule has 1 unspecified atom stereocenters. The van der Waals surface area contributed by atoms with E-state index in [1.807, 2.05) is 12.1 Å². The molecule has 4 rings (SSSR count). The second-order valence-corrected chi connectivity index (χ2v) is 8.53. The van der Waals surface area contributed by atoms with E-state index in [0.29, 0.717) is 0 Å². The number of hydrogen-bond donors (Lipinski definition) is 0. The average Bonchev–Trinajstić information content (AvgIpc) is 2.73. The van der Waals surface area contributed by atoms with E-state index in [9.17, 15) is 0 Å². The fraction of sp³-hybridized carbons (Fsp3) is 0.217. The van der Waals surface area contributed by atoms with Gasteiger partial charge in [0.2, 0.25) is 0 Å². The molecule has 1 aliphatic rings. The topological polar surface area (TPSA) is 21.7 Å². The fourth-order valence-electron chi connectivity index (χ4n) is 3.26. The van der Waals surface area contributed by atoms with Crippen LogP contribution in [-0.2, 0) is 4.74 Å². The maximum absolute atomic E-state index is 5.98. The predicted octanol–water partition coefficient (Wildman–Crippen LogP) is 7.59. The number of halogens is 2. The SMILES string of the molecule is Brc1ccc(N(c2ccc(Br)cc2)c2ccc(OC3CCCCO3)cc2)cc1. The van der Waals surface area contributed by atoms with E-state index in [0.717, 1.165) is 57.6 Å². The van der Waals surface area contributed by atoms with Gasteiger partial charge in [0.1, 0.15) is 5.75 Å². The first-order valence-electron chi connectivity index (χ1n) is 9.39. The van der Waals surface area contributed by atoms with Crippen molar-refractivity contribution in [2.75, 3.05) is 11.5 Å². The van der Waals surface area contributed by atoms with Crippen LogP contribution >= 0.6 is 31.9 Å². The van der Waals surface area contributed by atoms with Crippen LogP contribution in [0.3, 0.4) is 0 Å². The summed E-state index contributed by atoms with van der Waals surface area (Å²) in [5.74, 6) is 0.835. The van der Waals surface area contributed by atoms with Crippen LogP contribution < -0.4 is 9.64 Å². The van der Waals surface area contributed by atoms with Crippen LogP contribution in [0.2, 0.25) is 0 Å². The van der Waals surface area contributed by atoms with Gasteiger partial charge in [-0.25, -0.2) is 0 Å². The van der Waals surface area contributed by atoms with Gasteiger partial charge in [0, 0.05) is 32.4 Å². The molecule has 1 heterocycles. The Labute approximate surface area is 182 Å². The Morgan fingerprint density at radius 3 is 1.68 bits per heavy atom. The summed E-state index contributed by atoms with van der Waals surface area (Å²) in [5, 5.41) is 0. The van der Waals surface area contributed by atoms with Gasteiger partial charge in [-0.2, -0.15) is 0 Å². The summed E-state index contributed by atoms with van der Waals surface area (Å²) in [6, 6.07) is 24.8. The van der Waals surface area contributed by atoms with Gasteiger partial charge < -0.3 is 14.4 Å². The standard InChI is InChI=1S/C23H21Br2NO2/c24-17-4-8-19(9-5-17)26(20-10-6-18(25)7-11-20)21-12-14-22(15-13-21)28-23-3-1-2-16-27-23/h4-15,23H,1-3,16H2. The van der Waals surface area contributed by atoms with Crippen molar-refractivity contribution >= 4 is 48.9 Å². The monoisotopic (exact) mass is 501 g/mol. The largest absolute Gasteiger partial charge is 0.465 e. The van der Waals surface area contributed by atoms with Crippen LogP contribution in [-0.4, -0.2) is 12.9 Å². The van der Waals surface area contributed by atoms with Crippen LogP contribution in [0.4, 0.5) is 17.1 Å². The van der Waals surface area contributed by atoms with E-state index in [1.165, 1.54) is 0 Å². The average molecular weight is 503 g/mol. The molecule has 3 aromatic rings. The summed E-state index contributed by atoms with van der Waals surface area (Å²) in [5.41, 5.74) is 3.26. The van der Waals surface area contributed by atoms with Gasteiger partial charge in [-0.15, -0.1) is 0 Å². The smallest absolute Gasteiger partial charge is 0.199 e. The lowest BCUT2D eigenvalue weighted by atomic mass is 10.2. The molecule has 1 aliphatic heterocycles. The molecule has 5 heteroatoms. The minimum Gasteiger partial charge on any atom is -0.465 e. The summed E-state index contributed by atoms with van der Waals surface area (Å²) in [4.78, 5) is 2.22. The molecule has 0 saturated carbocycles. The Kier molecular flexibility index (Phi) is 6.35. The first-order chi connectivity index (χ1) is 13.7. The zero-order chi connectivity index (χ0) is 19.3. The normalized spacial score (nSPS) is 16.6. The van der Waals surface area contributed by atoms with Crippen molar-refractivity contribution in [3.8, 4) is 5.75 Å². The maximum Gasteiger partial charge on any atom is 0.199 e. The first kappa shape index (κ1) is 19.5. The zero-order valence-corrected chi connectivity index (χ0v) is 18.5. The second-order valence-electron chi connectivity index (χ2n) is 6.70. The van der Waals surface area contributed by atoms with Crippen molar-refractivity contribution in [3.63, 3.8) is 0 Å². The number of hydrogen-bond acceptors (Lipinski definition) is 3. The minimum atomic E-state index is -0.131. The molecule has 144 valence electrons. The molecule has 1 fully saturated rings. The van der Waals surface area contributed by atoms with Gasteiger partial charge in [-0.05, 0) is 85.6 Å². The molecule has 1 saturated heterocycles. The van der Waals surface area contributed by atoms with Gasteiger partial charge in [-0.3, -0.25) is 0 Å². The van der Waals surface area contributed by atoms with Gasteiger partial charge in [0.15, 0.2) is 6.29 Å². The lowest BCUT2D eigenvalue weighted by Gasteiger charge is -2.26. The molecular weight excluding hydrogens is 482 g/mol. The number of rotatable bonds is 5. The Morgan fingerprint density at radius 1 is 0.714 bits per heavy atom. The Balaban J connectivity index is 1.62. The number of nitrogens with zero attached hydrogens (tertiary/aromatic N) is 1. The summed E-state index contributed by atoms with van der Waals surface area (Å²) >= 11 is 7.04. The summed E-state index contributed by atoms with van der Waals surface area (Å²) in [6.07, 6.45) is 3.09. The molecule has 3 aromatic carbocycles. The molecule has 28 heavy (non-hydrogen) atoms. The molecule has 0 bridgehead atoms. The van der Waals surface area contributed by atoms with Crippen molar-refractivity contribution < 1.29 is 9.47 Å². The van der Waals surface area contributed by atoms with Gasteiger partial charge in [0.05, 0.1) is 6.61 Å². The van der Waals surface area contributed by atoms with Crippen LogP contribution in [0.15, 0.2) is 81.7 Å². The van der Waals surface area contributed by atoms with Crippen molar-refractivity contribution in [1.82, 2.24) is 0 Å². The van der Waals surface area contributed by atoms with Crippen molar-refractivity contribution in [1.29, 1.82) is 0 Å². The highest BCUT2D eigenvalue weighted by Crippen LogP contribution is 2.36. The van der Waals surface area contributed by atoms with E-state index >= 15 is 0 Å². The van der Waals surface area contributed by atoms with Crippen LogP contribution in [0.1, 0.15) is 19.3 Å². The molecule has 1 atom stereocenters. The minimum absolute atomic E-state index is 0.131. The van der Waals surface area contributed by atoms with Crippen molar-refractivity contribution in [2.24, 2.45) is 0 Å². The first-order valence-corrected chi connectivity index (χ1v) is 11.0. The van der Waals surface area contributed by atoms with Gasteiger partial charge in [-0.1, -0.05) is 31.9 Å². The highest BCUT2D eigenvalue weighted by molar-refractivity contribution is 9.10. The molecule has 0 amide bonds. The van der Waals surface area contributed by atoms with E-state index < -0.39 is 0 Å². The van der Waals surface area contributed by atoms with Crippen molar-refractivity contribution in [2.45, 2.75) is 25.6 Å². The predicted molar refractivity (Wildman–Crippen MR) is 121 cm³/mol. The Morgan fingerprint density at radius 2 is 1.21 bits per heavy atom. The molecule has 0 N–H and O–H groups in total. The van der Waals surface area contributed by atoms with Gasteiger partial charge >= 0.3 is 0 Å². The van der Waals surface area contributed by atoms with E-state index in [4.69, 9.17) is 9.47 Å². The van der Waals surface area contributed by atoms with E-state index in [-0.39, 0.29) is 6.29 Å². The van der Waals surface area contributed by atoms with Crippen LogP contribution in [0.5, 0.6) is 5.75 Å². The second kappa shape index (κ2) is 9.12. The van der Waals surface area contributed by atoms with Gasteiger partial charge in [0.25, 0.3) is 0 Å². The quantitative estimate of drug-likeness (QED) is 0.358. The maximum atomic E-state index is 5.98. The fourth-order valence-corrected chi connectivity index (χ4v) is 3.79. The summed E-state index contributed by atoms with van der Waals surface area (Å²) in [6.45, 7) is 0.781. The molecule has 0 aromatic heterocycles. The molecule has 3 nitrogen and oxygen atoms in total. The van der Waals surface area contributed by atoms with E-state index in [2.05, 4.69) is 97.4 Å². The summed E-state index contributed by atoms with van der Waals surface area (Å²) in [7, 11) is 0. The Bertz CT molecular complexity index is 844. The Hall–Kier alpha value is -1.82. The number of ether oxygens (including phenoxy) is 2. The molecule has 0 spiro atoms. The third kappa shape index (κ3) is 4.77. The zero-order valence-electron chi connectivity index (χ0n) is 15.4.